The third kappa shape index (κ3) is 5.32. The number of anilines is 1. The fourth-order valence-electron chi connectivity index (χ4n) is 2.08. The molecule has 3 nitrogen and oxygen atoms in total. The van der Waals surface area contributed by atoms with E-state index < -0.39 is 11.7 Å². The summed E-state index contributed by atoms with van der Waals surface area (Å²) in [7, 11) is 0. The molecule has 1 aromatic heterocycles. The Kier molecular flexibility index (Phi) is 6.52. The highest BCUT2D eigenvalue weighted by molar-refractivity contribution is 7.99. The van der Waals surface area contributed by atoms with E-state index in [2.05, 4.69) is 17.2 Å². The maximum atomic E-state index is 12.5. The summed E-state index contributed by atoms with van der Waals surface area (Å²) in [6, 6.07) is 10.6. The van der Waals surface area contributed by atoms with Crippen molar-refractivity contribution in [2.24, 2.45) is 0 Å². The molecule has 0 saturated heterocycles. The number of halogens is 2. The molecule has 1 amide bonds. The highest BCUT2D eigenvalue weighted by Gasteiger charge is 2.16. The van der Waals surface area contributed by atoms with Crippen molar-refractivity contribution >= 4 is 23.4 Å². The lowest BCUT2D eigenvalue weighted by atomic mass is 10.1. The first-order chi connectivity index (χ1) is 11.1. The van der Waals surface area contributed by atoms with Crippen molar-refractivity contribution in [1.82, 2.24) is 4.98 Å². The zero-order chi connectivity index (χ0) is 16.7. The van der Waals surface area contributed by atoms with Gasteiger partial charge < -0.3 is 5.32 Å². The number of carbonyl (C=O) groups excluding carboxylic acids is 1. The Morgan fingerprint density at radius 3 is 2.65 bits per heavy atom. The van der Waals surface area contributed by atoms with Crippen molar-refractivity contribution in [1.29, 1.82) is 0 Å². The van der Waals surface area contributed by atoms with Crippen LogP contribution in [0.5, 0.6) is 0 Å². The summed E-state index contributed by atoms with van der Waals surface area (Å²) in [4.78, 5) is 16.1. The number of unbranched alkanes of at least 4 members (excludes halogenated alkanes) is 1. The van der Waals surface area contributed by atoms with Gasteiger partial charge in [0.05, 0.1) is 5.56 Å². The molecular weight excluding hydrogens is 318 g/mol. The van der Waals surface area contributed by atoms with Crippen LogP contribution in [-0.2, 0) is 6.42 Å². The molecule has 0 bridgehead atoms. The number of thioether (sulfide) groups is 1. The van der Waals surface area contributed by atoms with Gasteiger partial charge in [0.2, 0.25) is 0 Å². The van der Waals surface area contributed by atoms with Gasteiger partial charge in [-0.1, -0.05) is 25.5 Å². The van der Waals surface area contributed by atoms with Crippen LogP contribution in [0.3, 0.4) is 0 Å². The number of rotatable bonds is 7. The number of hydrogen-bond acceptors (Lipinski definition) is 3. The van der Waals surface area contributed by atoms with Gasteiger partial charge in [-0.3, -0.25) is 4.79 Å². The van der Waals surface area contributed by atoms with Crippen LogP contribution >= 0.6 is 11.8 Å². The Morgan fingerprint density at radius 2 is 2.00 bits per heavy atom. The maximum Gasteiger partial charge on any atom is 0.290 e. The number of hydrogen-bond donors (Lipinski definition) is 1. The first-order valence-electron chi connectivity index (χ1n) is 7.40. The predicted octanol–water partition coefficient (Wildman–Crippen LogP) is 4.99. The van der Waals surface area contributed by atoms with Crippen LogP contribution in [0.4, 0.5) is 14.5 Å². The molecule has 0 unspecified atom stereocenters. The molecule has 1 heterocycles. The van der Waals surface area contributed by atoms with Gasteiger partial charge in [-0.2, -0.15) is 8.78 Å². The number of nitrogens with one attached hydrogen (secondary N) is 1. The number of benzene rings is 1. The Balaban J connectivity index is 2.07. The Hall–Kier alpha value is -1.95. The molecule has 122 valence electrons. The third-order valence-corrected chi connectivity index (χ3v) is 3.97. The van der Waals surface area contributed by atoms with Gasteiger partial charge in [-0.25, -0.2) is 4.98 Å². The fraction of sp³-hybridized carbons (Fsp3) is 0.294. The van der Waals surface area contributed by atoms with Crippen LogP contribution in [0, 0.1) is 0 Å². The van der Waals surface area contributed by atoms with Crippen molar-refractivity contribution in [3.05, 3.63) is 53.7 Å². The molecule has 0 aliphatic heterocycles. The Labute approximate surface area is 138 Å². The van der Waals surface area contributed by atoms with E-state index in [1.54, 1.807) is 6.07 Å². The molecule has 2 rings (SSSR count). The minimum atomic E-state index is -2.62. The third-order valence-electron chi connectivity index (χ3n) is 3.25. The van der Waals surface area contributed by atoms with Crippen LogP contribution in [0.1, 0.15) is 35.7 Å². The van der Waals surface area contributed by atoms with Crippen molar-refractivity contribution in [2.75, 3.05) is 5.32 Å². The standard InChI is InChI=1S/C17H18F2N2OS/c1-2-3-5-12-7-9-13(10-8-12)21-15(22)14-6-4-11-20-16(14)23-17(18)19/h4,6-11,17H,2-3,5H2,1H3,(H,21,22). The van der Waals surface area contributed by atoms with Gasteiger partial charge in [0.1, 0.15) is 5.03 Å². The lowest BCUT2D eigenvalue weighted by molar-refractivity contribution is 0.102. The normalized spacial score (nSPS) is 10.8. The van der Waals surface area contributed by atoms with E-state index in [4.69, 9.17) is 0 Å². The van der Waals surface area contributed by atoms with E-state index in [0.717, 1.165) is 19.3 Å². The fourth-order valence-corrected chi connectivity index (χ4v) is 2.65. The molecule has 0 atom stereocenters. The molecule has 0 fully saturated rings. The van der Waals surface area contributed by atoms with E-state index in [1.165, 1.54) is 17.8 Å². The SMILES string of the molecule is CCCCc1ccc(NC(=O)c2cccnc2SC(F)F)cc1. The molecule has 2 aromatic rings. The maximum absolute atomic E-state index is 12.5. The van der Waals surface area contributed by atoms with E-state index in [1.807, 2.05) is 24.3 Å². The number of alkyl halides is 2. The smallest absolute Gasteiger partial charge is 0.290 e. The number of carbonyl (C=O) groups is 1. The monoisotopic (exact) mass is 336 g/mol. The lowest BCUT2D eigenvalue weighted by Gasteiger charge is -2.09. The number of nitrogens with zero attached hydrogens (tertiary/aromatic N) is 1. The summed E-state index contributed by atoms with van der Waals surface area (Å²) < 4.78 is 25.1. The molecule has 23 heavy (non-hydrogen) atoms. The molecule has 0 aliphatic rings. The quantitative estimate of drug-likeness (QED) is 0.724. The average Bonchev–Trinajstić information content (AvgIpc) is 2.54. The van der Waals surface area contributed by atoms with Crippen LogP contribution in [-0.4, -0.2) is 16.6 Å². The largest absolute Gasteiger partial charge is 0.322 e. The number of amides is 1. The summed E-state index contributed by atoms with van der Waals surface area (Å²) in [5, 5.41) is 2.75. The minimum Gasteiger partial charge on any atom is -0.322 e. The van der Waals surface area contributed by atoms with Crippen LogP contribution in [0.2, 0.25) is 0 Å². The Bertz CT molecular complexity index is 647. The minimum absolute atomic E-state index is 0.0274. The Morgan fingerprint density at radius 1 is 1.26 bits per heavy atom. The lowest BCUT2D eigenvalue weighted by Crippen LogP contribution is -2.13. The topological polar surface area (TPSA) is 42.0 Å². The molecule has 0 saturated carbocycles. The highest BCUT2D eigenvalue weighted by Crippen LogP contribution is 2.26. The molecule has 1 aromatic carbocycles. The number of aryl methyl sites for hydroxylation is 1. The second kappa shape index (κ2) is 8.62. The van der Waals surface area contributed by atoms with Gasteiger partial charge >= 0.3 is 0 Å². The zero-order valence-electron chi connectivity index (χ0n) is 12.8. The molecular formula is C17H18F2N2OS. The van der Waals surface area contributed by atoms with Crippen molar-refractivity contribution in [3.63, 3.8) is 0 Å². The highest BCUT2D eigenvalue weighted by atomic mass is 32.2. The predicted molar refractivity (Wildman–Crippen MR) is 89.1 cm³/mol. The second-order valence-electron chi connectivity index (χ2n) is 4.99. The number of aromatic nitrogens is 1. The van der Waals surface area contributed by atoms with E-state index in [-0.39, 0.29) is 22.4 Å². The van der Waals surface area contributed by atoms with Gasteiger partial charge in [0.15, 0.2) is 0 Å². The zero-order valence-corrected chi connectivity index (χ0v) is 13.6. The molecule has 1 N–H and O–H groups in total. The van der Waals surface area contributed by atoms with Crippen molar-refractivity contribution in [2.45, 2.75) is 37.0 Å². The van der Waals surface area contributed by atoms with Gasteiger partial charge in [0, 0.05) is 11.9 Å². The van der Waals surface area contributed by atoms with Crippen LogP contribution < -0.4 is 5.32 Å². The van der Waals surface area contributed by atoms with Crippen LogP contribution in [0.25, 0.3) is 0 Å². The summed E-state index contributed by atoms with van der Waals surface area (Å²) in [6.45, 7) is 2.14. The summed E-state index contributed by atoms with van der Waals surface area (Å²) >= 11 is 0.270. The average molecular weight is 336 g/mol. The molecule has 0 radical (unpaired) electrons. The first-order valence-corrected chi connectivity index (χ1v) is 8.28. The van der Waals surface area contributed by atoms with E-state index in [0.29, 0.717) is 5.69 Å². The van der Waals surface area contributed by atoms with E-state index in [9.17, 15) is 13.6 Å². The van der Waals surface area contributed by atoms with Crippen LogP contribution in [0.15, 0.2) is 47.6 Å². The molecule has 0 spiro atoms. The van der Waals surface area contributed by atoms with Crippen molar-refractivity contribution < 1.29 is 13.6 Å². The number of pyridine rings is 1. The molecule has 6 heteroatoms. The van der Waals surface area contributed by atoms with Gasteiger partial charge in [-0.05, 0) is 54.4 Å². The van der Waals surface area contributed by atoms with E-state index >= 15 is 0 Å². The molecule has 0 aliphatic carbocycles. The second-order valence-corrected chi connectivity index (χ2v) is 5.97. The van der Waals surface area contributed by atoms with Crippen molar-refractivity contribution in [3.8, 4) is 0 Å². The summed E-state index contributed by atoms with van der Waals surface area (Å²) in [5.74, 6) is -3.06. The summed E-state index contributed by atoms with van der Waals surface area (Å²) in [6.07, 6.45) is 4.65. The van der Waals surface area contributed by atoms with Gasteiger partial charge in [0.25, 0.3) is 11.7 Å². The summed E-state index contributed by atoms with van der Waals surface area (Å²) in [5.41, 5.74) is 1.99. The van der Waals surface area contributed by atoms with Gasteiger partial charge in [-0.15, -0.1) is 0 Å². The first kappa shape index (κ1) is 17.4.